The lowest BCUT2D eigenvalue weighted by atomic mass is 9.87. The van der Waals surface area contributed by atoms with Crippen LogP contribution in [0.25, 0.3) is 11.4 Å². The molecular weight excluding hydrogens is 444 g/mol. The summed E-state index contributed by atoms with van der Waals surface area (Å²) in [5.74, 6) is 0.845. The van der Waals surface area contributed by atoms with Crippen LogP contribution in [0.4, 0.5) is 5.69 Å². The first-order valence-electron chi connectivity index (χ1n) is 10.5. The summed E-state index contributed by atoms with van der Waals surface area (Å²) in [5.41, 5.74) is 2.94. The van der Waals surface area contributed by atoms with Crippen molar-refractivity contribution in [3.05, 3.63) is 59.1 Å². The lowest BCUT2D eigenvalue weighted by Gasteiger charge is -2.19. The van der Waals surface area contributed by atoms with Gasteiger partial charge >= 0.3 is 0 Å². The number of nitrogens with one attached hydrogen (secondary N) is 1. The second-order valence-corrected chi connectivity index (χ2v) is 9.80. The number of thioether (sulfide) groups is 1. The van der Waals surface area contributed by atoms with Gasteiger partial charge in [0.15, 0.2) is 11.0 Å². The number of hydrogen-bond acceptors (Lipinski definition) is 5. The number of anilines is 1. The number of methoxy groups -OCH3 is 1. The number of amides is 1. The number of carbonyl (C=O) groups excluding carboxylic acids is 1. The van der Waals surface area contributed by atoms with Gasteiger partial charge in [-0.2, -0.15) is 0 Å². The molecular formula is C24H29ClN4O2S. The maximum absolute atomic E-state index is 12.4. The molecule has 1 N–H and O–H groups in total. The molecule has 6 nitrogen and oxygen atoms in total. The van der Waals surface area contributed by atoms with Gasteiger partial charge in [-0.25, -0.2) is 0 Å². The highest BCUT2D eigenvalue weighted by atomic mass is 35.5. The van der Waals surface area contributed by atoms with Crippen LogP contribution in [0.2, 0.25) is 5.02 Å². The second kappa shape index (κ2) is 11.0. The van der Waals surface area contributed by atoms with E-state index in [1.165, 1.54) is 17.3 Å². The maximum Gasteiger partial charge on any atom is 0.234 e. The van der Waals surface area contributed by atoms with Gasteiger partial charge < -0.3 is 14.6 Å². The molecule has 0 saturated carbocycles. The highest BCUT2D eigenvalue weighted by Crippen LogP contribution is 2.28. The van der Waals surface area contributed by atoms with Crippen molar-refractivity contribution in [2.75, 3.05) is 24.8 Å². The average Bonchev–Trinajstić information content (AvgIpc) is 3.16. The molecule has 0 atom stereocenters. The second-order valence-electron chi connectivity index (χ2n) is 8.45. The third-order valence-corrected chi connectivity index (χ3v) is 6.23. The van der Waals surface area contributed by atoms with Gasteiger partial charge in [-0.15, -0.1) is 10.2 Å². The van der Waals surface area contributed by atoms with Gasteiger partial charge in [0.25, 0.3) is 0 Å². The van der Waals surface area contributed by atoms with Gasteiger partial charge in [0.1, 0.15) is 0 Å². The van der Waals surface area contributed by atoms with Gasteiger partial charge in [0.2, 0.25) is 5.91 Å². The Morgan fingerprint density at radius 2 is 1.84 bits per heavy atom. The van der Waals surface area contributed by atoms with Gasteiger partial charge in [0, 0.05) is 25.8 Å². The number of para-hydroxylation sites is 1. The van der Waals surface area contributed by atoms with Crippen molar-refractivity contribution in [2.24, 2.45) is 0 Å². The monoisotopic (exact) mass is 472 g/mol. The van der Waals surface area contributed by atoms with Crippen LogP contribution in [0.5, 0.6) is 0 Å². The third-order valence-electron chi connectivity index (χ3n) is 4.94. The summed E-state index contributed by atoms with van der Waals surface area (Å²) in [6, 6.07) is 15.6. The van der Waals surface area contributed by atoms with E-state index in [2.05, 4.69) is 65.1 Å². The molecule has 0 aliphatic rings. The predicted molar refractivity (Wildman–Crippen MR) is 131 cm³/mol. The van der Waals surface area contributed by atoms with Gasteiger partial charge in [-0.1, -0.05) is 80.5 Å². The quantitative estimate of drug-likeness (QED) is 0.321. The number of ether oxygens (including phenoxy) is 1. The van der Waals surface area contributed by atoms with E-state index < -0.39 is 0 Å². The van der Waals surface area contributed by atoms with Crippen molar-refractivity contribution >= 4 is 35.0 Å². The minimum atomic E-state index is -0.148. The molecule has 0 aliphatic heterocycles. The first-order chi connectivity index (χ1) is 15.3. The van der Waals surface area contributed by atoms with Crippen LogP contribution in [0.15, 0.2) is 53.7 Å². The molecule has 32 heavy (non-hydrogen) atoms. The Bertz CT molecular complexity index is 1040. The molecule has 0 fully saturated rings. The van der Waals surface area contributed by atoms with Crippen LogP contribution in [-0.2, 0) is 21.5 Å². The molecule has 0 bridgehead atoms. The Kier molecular flexibility index (Phi) is 8.34. The van der Waals surface area contributed by atoms with Gasteiger partial charge in [-0.3, -0.25) is 4.79 Å². The van der Waals surface area contributed by atoms with Crippen LogP contribution >= 0.6 is 23.4 Å². The standard InChI is InChI=1S/C24H29ClN4O2S/c1-24(2,3)18-12-10-17(11-13-18)22-27-28-23(29(22)14-7-15-31-4)32-16-21(30)26-20-9-6-5-8-19(20)25/h5-6,8-13H,7,14-16H2,1-4H3,(H,26,30). The van der Waals surface area contributed by atoms with E-state index in [4.69, 9.17) is 16.3 Å². The third kappa shape index (κ3) is 6.34. The first kappa shape index (κ1) is 24.3. The summed E-state index contributed by atoms with van der Waals surface area (Å²) in [7, 11) is 1.69. The fourth-order valence-corrected chi connectivity index (χ4v) is 4.12. The predicted octanol–water partition coefficient (Wildman–Crippen LogP) is 5.66. The number of carbonyl (C=O) groups is 1. The SMILES string of the molecule is COCCCn1c(SCC(=O)Nc2ccccc2Cl)nnc1-c1ccc(C(C)(C)C)cc1. The molecule has 3 aromatic rings. The summed E-state index contributed by atoms with van der Waals surface area (Å²) in [6.07, 6.45) is 0.820. The van der Waals surface area contributed by atoms with Crippen molar-refractivity contribution in [1.82, 2.24) is 14.8 Å². The Hall–Kier alpha value is -2.35. The topological polar surface area (TPSA) is 69.0 Å². The number of rotatable bonds is 9. The van der Waals surface area contributed by atoms with E-state index >= 15 is 0 Å². The Labute approximate surface area is 198 Å². The maximum atomic E-state index is 12.4. The average molecular weight is 473 g/mol. The summed E-state index contributed by atoms with van der Waals surface area (Å²) in [6.45, 7) is 7.91. The van der Waals surface area contributed by atoms with E-state index in [0.29, 0.717) is 29.0 Å². The zero-order valence-corrected chi connectivity index (χ0v) is 20.5. The number of hydrogen-bond donors (Lipinski definition) is 1. The molecule has 1 heterocycles. The highest BCUT2D eigenvalue weighted by Gasteiger charge is 2.18. The highest BCUT2D eigenvalue weighted by molar-refractivity contribution is 7.99. The Balaban J connectivity index is 1.76. The normalized spacial score (nSPS) is 11.5. The van der Waals surface area contributed by atoms with Gasteiger partial charge in [0.05, 0.1) is 16.5 Å². The van der Waals surface area contributed by atoms with Crippen LogP contribution in [0.1, 0.15) is 32.8 Å². The number of nitrogens with zero attached hydrogens (tertiary/aromatic N) is 3. The summed E-state index contributed by atoms with van der Waals surface area (Å²) in [4.78, 5) is 12.4. The lowest BCUT2D eigenvalue weighted by Crippen LogP contribution is -2.15. The lowest BCUT2D eigenvalue weighted by molar-refractivity contribution is -0.113. The fourth-order valence-electron chi connectivity index (χ4n) is 3.18. The summed E-state index contributed by atoms with van der Waals surface area (Å²) >= 11 is 7.49. The summed E-state index contributed by atoms with van der Waals surface area (Å²) in [5, 5.41) is 12.8. The van der Waals surface area contributed by atoms with Crippen LogP contribution in [0.3, 0.4) is 0 Å². The molecule has 0 spiro atoms. The molecule has 170 valence electrons. The van der Waals surface area contributed by atoms with Crippen molar-refractivity contribution in [2.45, 2.75) is 44.3 Å². The number of benzene rings is 2. The van der Waals surface area contributed by atoms with Crippen molar-refractivity contribution in [1.29, 1.82) is 0 Å². The van der Waals surface area contributed by atoms with Crippen molar-refractivity contribution < 1.29 is 9.53 Å². The van der Waals surface area contributed by atoms with Crippen LogP contribution < -0.4 is 5.32 Å². The molecule has 0 saturated heterocycles. The molecule has 0 aliphatic carbocycles. The first-order valence-corrected chi connectivity index (χ1v) is 11.9. The molecule has 0 unspecified atom stereocenters. The molecule has 2 aromatic carbocycles. The van der Waals surface area contributed by atoms with E-state index in [-0.39, 0.29) is 17.1 Å². The molecule has 1 amide bonds. The van der Waals surface area contributed by atoms with E-state index in [0.717, 1.165) is 17.8 Å². The fraction of sp³-hybridized carbons (Fsp3) is 0.375. The number of aromatic nitrogens is 3. The number of halogens is 1. The zero-order valence-electron chi connectivity index (χ0n) is 18.9. The Morgan fingerprint density at radius 1 is 1.12 bits per heavy atom. The molecule has 1 aromatic heterocycles. The molecule has 0 radical (unpaired) electrons. The van der Waals surface area contributed by atoms with Crippen LogP contribution in [0, 0.1) is 0 Å². The smallest absolute Gasteiger partial charge is 0.234 e. The van der Waals surface area contributed by atoms with E-state index in [9.17, 15) is 4.79 Å². The van der Waals surface area contributed by atoms with E-state index in [1.807, 2.05) is 12.1 Å². The van der Waals surface area contributed by atoms with Crippen molar-refractivity contribution in [3.63, 3.8) is 0 Å². The van der Waals surface area contributed by atoms with Crippen molar-refractivity contribution in [3.8, 4) is 11.4 Å². The molecule has 8 heteroatoms. The Morgan fingerprint density at radius 3 is 2.50 bits per heavy atom. The molecule has 3 rings (SSSR count). The zero-order chi connectivity index (χ0) is 23.1. The minimum absolute atomic E-state index is 0.0840. The van der Waals surface area contributed by atoms with E-state index in [1.54, 1.807) is 19.2 Å². The minimum Gasteiger partial charge on any atom is -0.385 e. The van der Waals surface area contributed by atoms with Crippen LogP contribution in [-0.4, -0.2) is 40.1 Å². The largest absolute Gasteiger partial charge is 0.385 e. The van der Waals surface area contributed by atoms with Gasteiger partial charge in [-0.05, 0) is 29.5 Å². The summed E-state index contributed by atoms with van der Waals surface area (Å²) < 4.78 is 7.27.